The van der Waals surface area contributed by atoms with E-state index >= 15 is 0 Å². The van der Waals surface area contributed by atoms with E-state index in [9.17, 15) is 4.39 Å². The Balaban J connectivity index is 2.27. The molecule has 0 aliphatic heterocycles. The first-order valence-electron chi connectivity index (χ1n) is 4.97. The lowest BCUT2D eigenvalue weighted by Gasteiger charge is -2.07. The highest BCUT2D eigenvalue weighted by atomic mass is 35.5. The Morgan fingerprint density at radius 2 is 2.06 bits per heavy atom. The Morgan fingerprint density at radius 1 is 1.22 bits per heavy atom. The number of ether oxygens (including phenoxy) is 1. The fourth-order valence-corrected chi connectivity index (χ4v) is 1.56. The Bertz CT molecular complexity index is 626. The summed E-state index contributed by atoms with van der Waals surface area (Å²) in [5, 5.41) is 3.69. The van der Waals surface area contributed by atoms with Gasteiger partial charge < -0.3 is 4.74 Å². The minimum atomic E-state index is -0.394. The smallest absolute Gasteiger partial charge is 0.146 e. The monoisotopic (exact) mass is 263 g/mol. The normalized spacial score (nSPS) is 9.67. The van der Waals surface area contributed by atoms with Crippen LogP contribution in [-0.4, -0.2) is 0 Å². The summed E-state index contributed by atoms with van der Waals surface area (Å²) >= 11 is 5.95. The van der Waals surface area contributed by atoms with Crippen molar-refractivity contribution in [1.29, 1.82) is 0 Å². The lowest BCUT2D eigenvalue weighted by Crippen LogP contribution is -1.85. The third-order valence-electron chi connectivity index (χ3n) is 2.10. The summed E-state index contributed by atoms with van der Waals surface area (Å²) in [4.78, 5) is 2.65. The highest BCUT2D eigenvalue weighted by Gasteiger charge is 2.04. The second kappa shape index (κ2) is 5.40. The van der Waals surface area contributed by atoms with Gasteiger partial charge >= 0.3 is 0 Å². The summed E-state index contributed by atoms with van der Waals surface area (Å²) in [6.45, 7) is 0. The number of halogens is 2. The van der Waals surface area contributed by atoms with Gasteiger partial charge in [-0.1, -0.05) is 22.8 Å². The van der Waals surface area contributed by atoms with E-state index in [1.165, 1.54) is 24.3 Å². The molecule has 2 rings (SSSR count). The number of nitrogens with zero attached hydrogens (tertiary/aromatic N) is 3. The van der Waals surface area contributed by atoms with Crippen LogP contribution in [0.1, 0.15) is 0 Å². The minimum Gasteiger partial charge on any atom is -0.456 e. The summed E-state index contributed by atoms with van der Waals surface area (Å²) in [6.07, 6.45) is 0. The van der Waals surface area contributed by atoms with Gasteiger partial charge in [-0.05, 0) is 35.9 Å². The molecule has 0 radical (unpaired) electrons. The minimum absolute atomic E-state index is 0.282. The van der Waals surface area contributed by atoms with Crippen molar-refractivity contribution in [3.63, 3.8) is 0 Å². The predicted molar refractivity (Wildman–Crippen MR) is 66.7 cm³/mol. The molecule has 0 unspecified atom stereocenters. The molecular weight excluding hydrogens is 257 g/mol. The van der Waals surface area contributed by atoms with Gasteiger partial charge in [0.25, 0.3) is 0 Å². The van der Waals surface area contributed by atoms with Crippen LogP contribution in [0.2, 0.25) is 5.02 Å². The van der Waals surface area contributed by atoms with E-state index in [0.717, 1.165) is 0 Å². The number of benzene rings is 2. The van der Waals surface area contributed by atoms with E-state index in [1.807, 2.05) is 0 Å². The van der Waals surface area contributed by atoms with Gasteiger partial charge in [0.15, 0.2) is 0 Å². The molecule has 0 atom stereocenters. The van der Waals surface area contributed by atoms with Crippen molar-refractivity contribution < 1.29 is 9.13 Å². The van der Waals surface area contributed by atoms with Gasteiger partial charge in [-0.2, -0.15) is 0 Å². The van der Waals surface area contributed by atoms with Gasteiger partial charge in [0.1, 0.15) is 17.3 Å². The maximum absolute atomic E-state index is 13.0. The summed E-state index contributed by atoms with van der Waals surface area (Å²) in [6, 6.07) is 10.3. The highest BCUT2D eigenvalue weighted by Crippen LogP contribution is 2.32. The van der Waals surface area contributed by atoms with E-state index in [-0.39, 0.29) is 5.02 Å². The summed E-state index contributed by atoms with van der Waals surface area (Å²) in [5.74, 6) is 0.307. The summed E-state index contributed by atoms with van der Waals surface area (Å²) in [5.41, 5.74) is 8.67. The van der Waals surface area contributed by atoms with Gasteiger partial charge in [0.2, 0.25) is 0 Å². The van der Waals surface area contributed by atoms with Crippen molar-refractivity contribution in [2.24, 2.45) is 5.11 Å². The van der Waals surface area contributed by atoms with Gasteiger partial charge in [-0.3, -0.25) is 0 Å². The van der Waals surface area contributed by atoms with Crippen molar-refractivity contribution in [2.75, 3.05) is 0 Å². The van der Waals surface area contributed by atoms with Gasteiger partial charge in [0.05, 0.1) is 5.02 Å². The standard InChI is InChI=1S/C12H7ClFN3O/c13-11-7-9(16-17-15)4-5-12(11)18-10-3-1-2-8(14)6-10/h1-7H. The molecule has 18 heavy (non-hydrogen) atoms. The molecule has 2 aromatic carbocycles. The average Bonchev–Trinajstić information content (AvgIpc) is 2.33. The van der Waals surface area contributed by atoms with Crippen LogP contribution in [0.15, 0.2) is 47.6 Å². The van der Waals surface area contributed by atoms with Crippen LogP contribution in [0.5, 0.6) is 11.5 Å². The quantitative estimate of drug-likeness (QED) is 0.426. The van der Waals surface area contributed by atoms with Crippen LogP contribution < -0.4 is 4.74 Å². The zero-order valence-electron chi connectivity index (χ0n) is 9.05. The summed E-state index contributed by atoms with van der Waals surface area (Å²) < 4.78 is 18.4. The molecule has 0 saturated heterocycles. The zero-order chi connectivity index (χ0) is 13.0. The fourth-order valence-electron chi connectivity index (χ4n) is 1.34. The van der Waals surface area contributed by atoms with Crippen LogP contribution in [0.25, 0.3) is 10.4 Å². The van der Waals surface area contributed by atoms with Crippen molar-refractivity contribution in [2.45, 2.75) is 0 Å². The van der Waals surface area contributed by atoms with Gasteiger partial charge in [-0.25, -0.2) is 4.39 Å². The van der Waals surface area contributed by atoms with Crippen molar-refractivity contribution in [3.05, 3.63) is 63.7 Å². The second-order valence-corrected chi connectivity index (χ2v) is 3.77. The van der Waals surface area contributed by atoms with Crippen LogP contribution in [-0.2, 0) is 0 Å². The van der Waals surface area contributed by atoms with Gasteiger partial charge in [0, 0.05) is 16.7 Å². The lowest BCUT2D eigenvalue weighted by molar-refractivity contribution is 0.477. The Kier molecular flexibility index (Phi) is 3.67. The Hall–Kier alpha value is -2.23. The molecule has 4 nitrogen and oxygen atoms in total. The van der Waals surface area contributed by atoms with Crippen molar-refractivity contribution >= 4 is 17.3 Å². The lowest BCUT2D eigenvalue weighted by atomic mass is 10.3. The molecule has 0 saturated carbocycles. The van der Waals surface area contributed by atoms with E-state index in [0.29, 0.717) is 17.2 Å². The molecule has 0 aliphatic carbocycles. The predicted octanol–water partition coefficient (Wildman–Crippen LogP) is 5.21. The molecule has 0 heterocycles. The third-order valence-corrected chi connectivity index (χ3v) is 2.39. The Morgan fingerprint density at radius 3 is 2.72 bits per heavy atom. The first-order chi connectivity index (χ1) is 8.69. The third kappa shape index (κ3) is 2.91. The van der Waals surface area contributed by atoms with Crippen LogP contribution in [0, 0.1) is 5.82 Å². The molecule has 2 aromatic rings. The molecule has 0 fully saturated rings. The van der Waals surface area contributed by atoms with Crippen LogP contribution in [0.4, 0.5) is 10.1 Å². The SMILES string of the molecule is [N-]=[N+]=Nc1ccc(Oc2cccc(F)c2)c(Cl)c1. The summed E-state index contributed by atoms with van der Waals surface area (Å²) in [7, 11) is 0. The van der Waals surface area contributed by atoms with E-state index in [2.05, 4.69) is 10.0 Å². The van der Waals surface area contributed by atoms with E-state index in [1.54, 1.807) is 18.2 Å². The van der Waals surface area contributed by atoms with Crippen LogP contribution in [0.3, 0.4) is 0 Å². The van der Waals surface area contributed by atoms with E-state index in [4.69, 9.17) is 21.9 Å². The molecular formula is C12H7ClFN3O. The van der Waals surface area contributed by atoms with Crippen LogP contribution >= 0.6 is 11.6 Å². The van der Waals surface area contributed by atoms with Crippen molar-refractivity contribution in [3.8, 4) is 11.5 Å². The fraction of sp³-hybridized carbons (Fsp3) is 0. The molecule has 0 amide bonds. The zero-order valence-corrected chi connectivity index (χ0v) is 9.80. The van der Waals surface area contributed by atoms with Gasteiger partial charge in [-0.15, -0.1) is 0 Å². The molecule has 0 spiro atoms. The number of rotatable bonds is 3. The topological polar surface area (TPSA) is 58.0 Å². The molecule has 0 N–H and O–H groups in total. The molecule has 0 bridgehead atoms. The van der Waals surface area contributed by atoms with E-state index < -0.39 is 5.82 Å². The maximum Gasteiger partial charge on any atom is 0.146 e. The largest absolute Gasteiger partial charge is 0.456 e. The second-order valence-electron chi connectivity index (χ2n) is 3.36. The number of azide groups is 1. The maximum atomic E-state index is 13.0. The molecule has 0 aliphatic rings. The first kappa shape index (κ1) is 12.2. The number of hydrogen-bond acceptors (Lipinski definition) is 2. The molecule has 90 valence electrons. The average molecular weight is 264 g/mol. The first-order valence-corrected chi connectivity index (χ1v) is 5.35. The molecule has 0 aromatic heterocycles. The number of hydrogen-bond donors (Lipinski definition) is 0. The molecule has 6 heteroatoms. The van der Waals surface area contributed by atoms with Crippen molar-refractivity contribution in [1.82, 2.24) is 0 Å². The Labute approximate surface area is 107 Å². The highest BCUT2D eigenvalue weighted by molar-refractivity contribution is 6.32.